The molecule has 1 unspecified atom stereocenters. The van der Waals surface area contributed by atoms with Crippen molar-refractivity contribution < 1.29 is 9.59 Å². The van der Waals surface area contributed by atoms with Crippen LogP contribution in [0.15, 0.2) is 30.3 Å². The van der Waals surface area contributed by atoms with Crippen LogP contribution in [0.5, 0.6) is 0 Å². The average Bonchev–Trinajstić information content (AvgIpc) is 2.96. The second-order valence-electron chi connectivity index (χ2n) is 6.55. The van der Waals surface area contributed by atoms with E-state index in [9.17, 15) is 9.59 Å². The van der Waals surface area contributed by atoms with Crippen molar-refractivity contribution >= 4 is 24.2 Å². The minimum absolute atomic E-state index is 0. The fraction of sp³-hybridized carbons (Fsp3) is 0.556. The lowest BCUT2D eigenvalue weighted by Crippen LogP contribution is -2.46. The summed E-state index contributed by atoms with van der Waals surface area (Å²) in [6, 6.07) is 10.5. The van der Waals surface area contributed by atoms with Gasteiger partial charge in [0.15, 0.2) is 0 Å². The lowest BCUT2D eigenvalue weighted by atomic mass is 10.0. The van der Waals surface area contributed by atoms with Crippen molar-refractivity contribution in [2.75, 3.05) is 26.7 Å². The Balaban J connectivity index is 0.00000208. The first-order valence-electron chi connectivity index (χ1n) is 8.45. The first kappa shape index (κ1) is 18.7. The van der Waals surface area contributed by atoms with E-state index in [1.807, 2.05) is 47.2 Å². The number of piperidine rings is 1. The zero-order valence-electron chi connectivity index (χ0n) is 14.1. The molecule has 24 heavy (non-hydrogen) atoms. The maximum absolute atomic E-state index is 12.7. The molecule has 0 spiro atoms. The van der Waals surface area contributed by atoms with Crippen LogP contribution in [0, 0.1) is 5.92 Å². The Hall–Kier alpha value is -1.59. The van der Waals surface area contributed by atoms with Crippen LogP contribution >= 0.6 is 12.4 Å². The topological polar surface area (TPSA) is 52.7 Å². The van der Waals surface area contributed by atoms with Crippen LogP contribution in [0.2, 0.25) is 0 Å². The Kier molecular flexibility index (Phi) is 6.63. The van der Waals surface area contributed by atoms with Gasteiger partial charge in [-0.2, -0.15) is 0 Å². The summed E-state index contributed by atoms with van der Waals surface area (Å²) in [4.78, 5) is 28.6. The molecule has 1 N–H and O–H groups in total. The van der Waals surface area contributed by atoms with Gasteiger partial charge in [0.2, 0.25) is 11.8 Å². The van der Waals surface area contributed by atoms with Gasteiger partial charge >= 0.3 is 0 Å². The number of carbonyl (C=O) groups is 2. The minimum Gasteiger partial charge on any atom is -0.342 e. The highest BCUT2D eigenvalue weighted by Crippen LogP contribution is 2.23. The molecular weight excluding hydrogens is 326 g/mol. The molecule has 0 aromatic heterocycles. The third kappa shape index (κ3) is 4.28. The standard InChI is InChI=1S/C18H25N3O2.ClH/c1-19-16-7-9-20(10-8-16)18(23)15-11-17(22)21(13-15)12-14-5-3-2-4-6-14;/h2-6,15-16,19H,7-13H2,1H3;1H. The summed E-state index contributed by atoms with van der Waals surface area (Å²) in [6.07, 6.45) is 2.35. The molecule has 2 aliphatic heterocycles. The van der Waals surface area contributed by atoms with Crippen LogP contribution in [0.3, 0.4) is 0 Å². The summed E-state index contributed by atoms with van der Waals surface area (Å²) < 4.78 is 0. The predicted octanol–water partition coefficient (Wildman–Crippen LogP) is 1.67. The van der Waals surface area contributed by atoms with Crippen molar-refractivity contribution in [3.63, 3.8) is 0 Å². The predicted molar refractivity (Wildman–Crippen MR) is 95.9 cm³/mol. The SMILES string of the molecule is CNC1CCN(C(=O)C2CC(=O)N(Cc3ccccc3)C2)CC1.Cl. The summed E-state index contributed by atoms with van der Waals surface area (Å²) >= 11 is 0. The van der Waals surface area contributed by atoms with E-state index in [2.05, 4.69) is 5.32 Å². The third-order valence-electron chi connectivity index (χ3n) is 4.99. The van der Waals surface area contributed by atoms with Crippen LogP contribution in [0.25, 0.3) is 0 Å². The molecule has 2 amide bonds. The molecule has 1 aromatic rings. The van der Waals surface area contributed by atoms with Crippen LogP contribution in [-0.2, 0) is 16.1 Å². The van der Waals surface area contributed by atoms with E-state index in [0.717, 1.165) is 31.5 Å². The number of nitrogens with zero attached hydrogens (tertiary/aromatic N) is 2. The highest BCUT2D eigenvalue weighted by Gasteiger charge is 2.37. The number of hydrogen-bond acceptors (Lipinski definition) is 3. The summed E-state index contributed by atoms with van der Waals surface area (Å²) in [7, 11) is 1.97. The van der Waals surface area contributed by atoms with Crippen molar-refractivity contribution in [1.29, 1.82) is 0 Å². The summed E-state index contributed by atoms with van der Waals surface area (Å²) in [5.41, 5.74) is 1.11. The maximum atomic E-state index is 12.7. The number of carbonyl (C=O) groups excluding carboxylic acids is 2. The Labute approximate surface area is 149 Å². The highest BCUT2D eigenvalue weighted by molar-refractivity contribution is 5.89. The molecule has 2 saturated heterocycles. The Morgan fingerprint density at radius 3 is 2.50 bits per heavy atom. The van der Waals surface area contributed by atoms with Gasteiger partial charge in [-0.15, -0.1) is 12.4 Å². The lowest BCUT2D eigenvalue weighted by Gasteiger charge is -2.33. The van der Waals surface area contributed by atoms with Gasteiger partial charge in [0.05, 0.1) is 5.92 Å². The van der Waals surface area contributed by atoms with Gasteiger partial charge in [-0.25, -0.2) is 0 Å². The van der Waals surface area contributed by atoms with Crippen molar-refractivity contribution in [3.8, 4) is 0 Å². The molecule has 0 bridgehead atoms. The fourth-order valence-corrected chi connectivity index (χ4v) is 3.54. The normalized spacial score (nSPS) is 21.7. The van der Waals surface area contributed by atoms with Crippen LogP contribution in [-0.4, -0.2) is 54.3 Å². The molecule has 2 heterocycles. The highest BCUT2D eigenvalue weighted by atomic mass is 35.5. The zero-order valence-corrected chi connectivity index (χ0v) is 14.9. The average molecular weight is 352 g/mol. The summed E-state index contributed by atoms with van der Waals surface area (Å²) in [6.45, 7) is 2.76. The number of benzene rings is 1. The second-order valence-corrected chi connectivity index (χ2v) is 6.55. The molecule has 0 radical (unpaired) electrons. The van der Waals surface area contributed by atoms with E-state index in [-0.39, 0.29) is 30.1 Å². The largest absolute Gasteiger partial charge is 0.342 e. The van der Waals surface area contributed by atoms with Gasteiger partial charge in [0.1, 0.15) is 0 Å². The number of amides is 2. The van der Waals surface area contributed by atoms with E-state index >= 15 is 0 Å². The van der Waals surface area contributed by atoms with E-state index < -0.39 is 0 Å². The zero-order chi connectivity index (χ0) is 16.2. The number of hydrogen-bond donors (Lipinski definition) is 1. The van der Waals surface area contributed by atoms with Crippen LogP contribution in [0.4, 0.5) is 0 Å². The Morgan fingerprint density at radius 1 is 1.21 bits per heavy atom. The van der Waals surface area contributed by atoms with E-state index in [1.165, 1.54) is 0 Å². The molecule has 5 nitrogen and oxygen atoms in total. The van der Waals surface area contributed by atoms with Gasteiger partial charge in [0, 0.05) is 38.6 Å². The Morgan fingerprint density at radius 2 is 1.88 bits per heavy atom. The van der Waals surface area contributed by atoms with Crippen molar-refractivity contribution in [2.45, 2.75) is 31.8 Å². The first-order valence-corrected chi connectivity index (χ1v) is 8.45. The van der Waals surface area contributed by atoms with Crippen LogP contribution in [0.1, 0.15) is 24.8 Å². The van der Waals surface area contributed by atoms with Gasteiger partial charge < -0.3 is 15.1 Å². The second kappa shape index (κ2) is 8.49. The molecule has 2 fully saturated rings. The monoisotopic (exact) mass is 351 g/mol. The van der Waals surface area contributed by atoms with Crippen LogP contribution < -0.4 is 5.32 Å². The van der Waals surface area contributed by atoms with Gasteiger partial charge in [-0.1, -0.05) is 30.3 Å². The van der Waals surface area contributed by atoms with E-state index in [1.54, 1.807) is 0 Å². The van der Waals surface area contributed by atoms with Crippen molar-refractivity contribution in [1.82, 2.24) is 15.1 Å². The van der Waals surface area contributed by atoms with Gasteiger partial charge in [-0.05, 0) is 25.5 Å². The first-order chi connectivity index (χ1) is 11.2. The third-order valence-corrected chi connectivity index (χ3v) is 4.99. The number of likely N-dealkylation sites (tertiary alicyclic amines) is 2. The molecule has 1 aromatic carbocycles. The van der Waals surface area contributed by atoms with Gasteiger partial charge in [-0.3, -0.25) is 9.59 Å². The molecular formula is C18H26ClN3O2. The van der Waals surface area contributed by atoms with Gasteiger partial charge in [0.25, 0.3) is 0 Å². The molecule has 1 atom stereocenters. The van der Waals surface area contributed by atoms with Crippen molar-refractivity contribution in [2.24, 2.45) is 5.92 Å². The minimum atomic E-state index is -0.169. The fourth-order valence-electron chi connectivity index (χ4n) is 3.54. The number of nitrogens with one attached hydrogen (secondary N) is 1. The molecule has 6 heteroatoms. The van der Waals surface area contributed by atoms with E-state index in [4.69, 9.17) is 0 Å². The number of rotatable bonds is 4. The Bertz CT molecular complexity index is 559. The molecule has 132 valence electrons. The smallest absolute Gasteiger partial charge is 0.227 e. The molecule has 2 aliphatic rings. The quantitative estimate of drug-likeness (QED) is 0.897. The summed E-state index contributed by atoms with van der Waals surface area (Å²) in [5.74, 6) is 0.0816. The molecule has 0 saturated carbocycles. The molecule has 3 rings (SSSR count). The molecule has 0 aliphatic carbocycles. The number of halogens is 1. The lowest BCUT2D eigenvalue weighted by molar-refractivity contribution is -0.136. The summed E-state index contributed by atoms with van der Waals surface area (Å²) in [5, 5.41) is 3.27. The maximum Gasteiger partial charge on any atom is 0.227 e. The van der Waals surface area contributed by atoms with E-state index in [0.29, 0.717) is 25.6 Å². The van der Waals surface area contributed by atoms with Crippen molar-refractivity contribution in [3.05, 3.63) is 35.9 Å².